The fourth-order valence-corrected chi connectivity index (χ4v) is 6.18. The summed E-state index contributed by atoms with van der Waals surface area (Å²) in [6, 6.07) is 3.74. The van der Waals surface area contributed by atoms with Gasteiger partial charge in [0, 0.05) is 102 Å². The largest absolute Gasteiger partial charge is 0.480 e. The van der Waals surface area contributed by atoms with Crippen LogP contribution in [-0.4, -0.2) is 194 Å². The Balaban J connectivity index is 1.34. The van der Waals surface area contributed by atoms with E-state index in [1.807, 2.05) is 9.58 Å². The lowest BCUT2D eigenvalue weighted by atomic mass is 10.1. The third-order valence-corrected chi connectivity index (χ3v) is 9.43. The highest BCUT2D eigenvalue weighted by molar-refractivity contribution is 5.98. The quantitative estimate of drug-likeness (QED) is 0.0206. The molecule has 2 aromatic heterocycles. The van der Waals surface area contributed by atoms with E-state index < -0.39 is 29.8 Å². The summed E-state index contributed by atoms with van der Waals surface area (Å²) in [5.74, 6) is -2.93. The molecule has 0 aliphatic carbocycles. The third kappa shape index (κ3) is 20.2. The van der Waals surface area contributed by atoms with E-state index in [0.29, 0.717) is 83.1 Å². The van der Waals surface area contributed by atoms with Crippen LogP contribution in [-0.2, 0) is 40.4 Å². The zero-order chi connectivity index (χ0) is 44.2. The number of aromatic amines is 1. The van der Waals surface area contributed by atoms with Crippen molar-refractivity contribution in [2.75, 3.05) is 104 Å². The van der Waals surface area contributed by atoms with Crippen LogP contribution in [0, 0.1) is 0 Å². The van der Waals surface area contributed by atoms with Crippen molar-refractivity contribution in [3.8, 4) is 0 Å². The molecule has 0 radical (unpaired) electrons. The first-order chi connectivity index (χ1) is 29.5. The number of carbonyl (C=O) groups is 5. The number of carboxylic acids is 2. The molecule has 1 atom stereocenters. The number of hydrogen-bond acceptors (Lipinski definition) is 17. The van der Waals surface area contributed by atoms with Crippen molar-refractivity contribution in [2.24, 2.45) is 0 Å². The van der Waals surface area contributed by atoms with Gasteiger partial charge < -0.3 is 36.5 Å². The van der Waals surface area contributed by atoms with E-state index in [1.165, 1.54) is 0 Å². The van der Waals surface area contributed by atoms with Gasteiger partial charge in [0.15, 0.2) is 5.95 Å². The molecule has 0 bridgehead atoms. The molecular formula is C37H59N11O13. The molecule has 24 nitrogen and oxygen atoms in total. The molecule has 0 spiro atoms. The van der Waals surface area contributed by atoms with Crippen LogP contribution >= 0.6 is 0 Å². The number of imidazole rings is 1. The topological polar surface area (TPSA) is 319 Å². The normalized spacial score (nSPS) is 12.0. The van der Waals surface area contributed by atoms with Crippen LogP contribution in [0.4, 0.5) is 5.95 Å². The number of aromatic nitrogens is 4. The molecule has 3 aromatic rings. The third-order valence-electron chi connectivity index (χ3n) is 9.43. The maximum absolute atomic E-state index is 12.9. The molecule has 0 saturated heterocycles. The van der Waals surface area contributed by atoms with Crippen molar-refractivity contribution in [1.82, 2.24) is 50.4 Å². The lowest BCUT2D eigenvalue weighted by Gasteiger charge is -2.29. The Morgan fingerprint density at radius 3 is 2.08 bits per heavy atom. The number of hydrogen-bond donors (Lipinski definition) is 10. The molecule has 2 heterocycles. The predicted octanol–water partition coefficient (Wildman–Crippen LogP) is -0.303. The number of carbonyl (C=O) groups excluding carboxylic acids is 3. The molecule has 3 rings (SSSR count). The lowest BCUT2D eigenvalue weighted by Crippen LogP contribution is -2.48. The van der Waals surface area contributed by atoms with Gasteiger partial charge in [0.1, 0.15) is 6.04 Å². The molecule has 0 unspecified atom stereocenters. The monoisotopic (exact) mass is 865 g/mol. The van der Waals surface area contributed by atoms with Crippen LogP contribution in [0.2, 0.25) is 0 Å². The summed E-state index contributed by atoms with van der Waals surface area (Å²) >= 11 is 0. The Bertz CT molecular complexity index is 1750. The van der Waals surface area contributed by atoms with Crippen molar-refractivity contribution in [2.45, 2.75) is 44.7 Å². The maximum atomic E-state index is 12.9. The summed E-state index contributed by atoms with van der Waals surface area (Å²) in [6.45, 7) is 3.02. The molecule has 0 saturated carbocycles. The van der Waals surface area contributed by atoms with E-state index in [9.17, 15) is 34.2 Å². The minimum atomic E-state index is -1.34. The van der Waals surface area contributed by atoms with Crippen LogP contribution in [0.5, 0.6) is 0 Å². The van der Waals surface area contributed by atoms with Crippen molar-refractivity contribution in [3.05, 3.63) is 42.4 Å². The minimum absolute atomic E-state index is 0.0141. The summed E-state index contributed by atoms with van der Waals surface area (Å²) < 4.78 is 1.83. The first-order valence-corrected chi connectivity index (χ1v) is 20.0. The smallest absolute Gasteiger partial charge is 0.328 e. The van der Waals surface area contributed by atoms with E-state index >= 15 is 0 Å². The molecule has 24 heteroatoms. The Morgan fingerprint density at radius 1 is 0.770 bits per heavy atom. The van der Waals surface area contributed by atoms with Crippen molar-refractivity contribution in [3.63, 3.8) is 0 Å². The summed E-state index contributed by atoms with van der Waals surface area (Å²) in [5, 5.41) is 61.5. The van der Waals surface area contributed by atoms with E-state index in [4.69, 9.17) is 15.8 Å². The standard InChI is InChI=1S/C37H59N11O13/c49-32(44-30(36(54)55)25-42-35(53)28-6-7-31-29(23-28)24-43-48(31)12-4-9-39-37-40-10-11-41-37)5-2-1-3-8-38-33(50)26-46(18-21-60-57)15-13-45(17-20-59-56)14-16-47(19-22-61-58)27-34(51)52/h6-7,10-11,23-24,30,56-58H,1-5,8-9,12-22,25-27H2,(H,38,50)(H,42,53)(H,44,49)(H,51,52)(H,54,55)(H2,39,40,41)/t30-/m0/s1. The Hall–Kier alpha value is -5.31. The zero-order valence-corrected chi connectivity index (χ0v) is 34.1. The van der Waals surface area contributed by atoms with Gasteiger partial charge in [0.25, 0.3) is 5.91 Å². The van der Waals surface area contributed by atoms with Gasteiger partial charge in [0.05, 0.1) is 44.6 Å². The summed E-state index contributed by atoms with van der Waals surface area (Å²) in [6.07, 6.45) is 7.42. The number of nitrogens with one attached hydrogen (secondary N) is 5. The molecule has 61 heavy (non-hydrogen) atoms. The van der Waals surface area contributed by atoms with Crippen LogP contribution in [0.1, 0.15) is 42.5 Å². The van der Waals surface area contributed by atoms with Gasteiger partial charge in [-0.1, -0.05) is 6.42 Å². The second kappa shape index (κ2) is 29.0. The van der Waals surface area contributed by atoms with Gasteiger partial charge in [-0.05, 0) is 37.5 Å². The summed E-state index contributed by atoms with van der Waals surface area (Å²) in [4.78, 5) is 86.1. The number of anilines is 1. The fraction of sp³-hybridized carbons (Fsp3) is 0.595. The van der Waals surface area contributed by atoms with Crippen molar-refractivity contribution < 1.29 is 64.6 Å². The van der Waals surface area contributed by atoms with Gasteiger partial charge >= 0.3 is 11.9 Å². The maximum Gasteiger partial charge on any atom is 0.328 e. The number of aliphatic carboxylic acids is 2. The zero-order valence-electron chi connectivity index (χ0n) is 34.1. The molecule has 0 fully saturated rings. The summed E-state index contributed by atoms with van der Waals surface area (Å²) in [5.41, 5.74) is 1.16. The van der Waals surface area contributed by atoms with E-state index in [-0.39, 0.29) is 64.9 Å². The number of fused-ring (bicyclic) bond motifs is 1. The molecule has 0 aliphatic heterocycles. The SMILES string of the molecule is O=C(O)CN(CCOO)CCN(CCOO)CCN(CCOO)CC(=O)NCCCCCC(=O)N[C@@H](CNC(=O)c1ccc2c(cnn2CCCNc2ncc[nH]2)c1)C(=O)O. The lowest BCUT2D eigenvalue weighted by molar-refractivity contribution is -0.245. The van der Waals surface area contributed by atoms with Crippen LogP contribution in [0.15, 0.2) is 36.8 Å². The molecular weight excluding hydrogens is 806 g/mol. The number of H-pyrrole nitrogens is 1. The van der Waals surface area contributed by atoms with E-state index in [2.05, 4.69) is 51.0 Å². The number of rotatable bonds is 35. The van der Waals surface area contributed by atoms with Gasteiger partial charge in [0.2, 0.25) is 11.8 Å². The molecule has 0 aliphatic rings. The van der Waals surface area contributed by atoms with Gasteiger partial charge in [-0.3, -0.25) is 54.3 Å². The number of unbranched alkanes of at least 4 members (excludes halogenated alkanes) is 2. The Kier molecular flexibility index (Phi) is 23.8. The van der Waals surface area contributed by atoms with Crippen molar-refractivity contribution >= 4 is 46.5 Å². The van der Waals surface area contributed by atoms with Gasteiger partial charge in [-0.15, -0.1) is 0 Å². The number of benzene rings is 1. The first-order valence-electron chi connectivity index (χ1n) is 20.0. The summed E-state index contributed by atoms with van der Waals surface area (Å²) in [7, 11) is 0. The van der Waals surface area contributed by atoms with Crippen LogP contribution in [0.25, 0.3) is 10.9 Å². The number of aryl methyl sites for hydroxylation is 1. The second-order valence-corrected chi connectivity index (χ2v) is 14.0. The molecule has 10 N–H and O–H groups in total. The molecule has 1 aromatic carbocycles. The first kappa shape index (κ1) is 50.0. The van der Waals surface area contributed by atoms with Crippen LogP contribution in [0.3, 0.4) is 0 Å². The van der Waals surface area contributed by atoms with Gasteiger partial charge in [-0.25, -0.2) is 24.4 Å². The second-order valence-electron chi connectivity index (χ2n) is 14.0. The van der Waals surface area contributed by atoms with E-state index in [1.54, 1.807) is 46.6 Å². The predicted molar refractivity (Wildman–Crippen MR) is 218 cm³/mol. The fourth-order valence-electron chi connectivity index (χ4n) is 6.18. The highest BCUT2D eigenvalue weighted by Crippen LogP contribution is 2.16. The number of nitrogens with zero attached hydrogens (tertiary/aromatic N) is 6. The number of carboxylic acid groups (broad SMARTS) is 2. The van der Waals surface area contributed by atoms with Crippen LogP contribution < -0.4 is 21.3 Å². The van der Waals surface area contributed by atoms with Crippen molar-refractivity contribution in [1.29, 1.82) is 0 Å². The minimum Gasteiger partial charge on any atom is -0.480 e. The van der Waals surface area contributed by atoms with E-state index in [0.717, 1.165) is 17.3 Å². The highest BCUT2D eigenvalue weighted by atomic mass is 17.1. The molecule has 340 valence electrons. The van der Waals surface area contributed by atoms with Gasteiger partial charge in [-0.2, -0.15) is 5.10 Å². The number of amides is 3. The Labute approximate surface area is 351 Å². The highest BCUT2D eigenvalue weighted by Gasteiger charge is 2.22. The Morgan fingerprint density at radius 2 is 1.44 bits per heavy atom. The molecule has 3 amide bonds. The average Bonchev–Trinajstić information content (AvgIpc) is 3.92. The average molecular weight is 866 g/mol.